The van der Waals surface area contributed by atoms with Crippen molar-refractivity contribution in [2.24, 2.45) is 5.92 Å². The summed E-state index contributed by atoms with van der Waals surface area (Å²) < 4.78 is 7.12. The van der Waals surface area contributed by atoms with Crippen molar-refractivity contribution in [1.82, 2.24) is 14.8 Å². The predicted octanol–water partition coefficient (Wildman–Crippen LogP) is 4.77. The molecule has 3 aromatic rings. The van der Waals surface area contributed by atoms with E-state index in [9.17, 15) is 10.1 Å². The molecule has 7 nitrogen and oxygen atoms in total. The van der Waals surface area contributed by atoms with Crippen LogP contribution in [0.5, 0.6) is 0 Å². The molecule has 1 fully saturated rings. The van der Waals surface area contributed by atoms with Crippen LogP contribution in [0.3, 0.4) is 0 Å². The lowest BCUT2D eigenvalue weighted by Crippen LogP contribution is -2.33. The molecular formula is C25H29N5O2. The number of carbonyl (C=O) groups excluding carboxylic acids is 1. The zero-order chi connectivity index (χ0) is 22.8. The fraction of sp³-hybridized carbons (Fsp3) is 0.440. The van der Waals surface area contributed by atoms with E-state index >= 15 is 0 Å². The van der Waals surface area contributed by atoms with Crippen LogP contribution in [0.1, 0.15) is 61.3 Å². The first-order chi connectivity index (χ1) is 15.4. The summed E-state index contributed by atoms with van der Waals surface area (Å²) in [5.41, 5.74) is 4.85. The van der Waals surface area contributed by atoms with Gasteiger partial charge in [0.25, 0.3) is 0 Å². The van der Waals surface area contributed by atoms with Crippen LogP contribution in [0, 0.1) is 24.2 Å². The highest BCUT2D eigenvalue weighted by Gasteiger charge is 2.27. The number of carbonyl (C=O) groups is 1. The van der Waals surface area contributed by atoms with E-state index in [1.165, 1.54) is 0 Å². The number of piperidine rings is 1. The molecule has 0 bridgehead atoms. The molecule has 1 saturated heterocycles. The van der Waals surface area contributed by atoms with Crippen LogP contribution in [0.15, 0.2) is 30.3 Å². The van der Waals surface area contributed by atoms with Gasteiger partial charge in [0.1, 0.15) is 0 Å². The number of fused-ring (bicyclic) bond motifs is 1. The average molecular weight is 432 g/mol. The number of esters is 1. The maximum absolute atomic E-state index is 12.7. The van der Waals surface area contributed by atoms with Crippen molar-refractivity contribution in [2.45, 2.75) is 46.5 Å². The smallest absolute Gasteiger partial charge is 0.357 e. The third-order valence-corrected chi connectivity index (χ3v) is 5.94. The lowest BCUT2D eigenvalue weighted by molar-refractivity contribution is 0.0520. The van der Waals surface area contributed by atoms with Crippen molar-refractivity contribution in [3.05, 3.63) is 47.3 Å². The Morgan fingerprint density at radius 3 is 2.66 bits per heavy atom. The number of hydrogen-bond donors (Lipinski definition) is 0. The summed E-state index contributed by atoms with van der Waals surface area (Å²) in [7, 11) is 0. The fourth-order valence-corrected chi connectivity index (χ4v) is 4.27. The molecule has 0 aliphatic carbocycles. The van der Waals surface area contributed by atoms with E-state index in [-0.39, 0.29) is 24.1 Å². The molecule has 1 aromatic carbocycles. The Morgan fingerprint density at radius 1 is 1.28 bits per heavy atom. The number of pyridine rings is 1. The molecule has 0 radical (unpaired) electrons. The molecular weight excluding hydrogens is 402 g/mol. The maximum Gasteiger partial charge on any atom is 0.357 e. The number of rotatable bonds is 5. The monoisotopic (exact) mass is 431 g/mol. The zero-order valence-electron chi connectivity index (χ0n) is 19.1. The van der Waals surface area contributed by atoms with Crippen LogP contribution in [0.25, 0.3) is 16.7 Å². The van der Waals surface area contributed by atoms with Crippen LogP contribution < -0.4 is 4.90 Å². The summed E-state index contributed by atoms with van der Waals surface area (Å²) >= 11 is 0. The van der Waals surface area contributed by atoms with Gasteiger partial charge >= 0.3 is 5.97 Å². The Hall–Kier alpha value is -3.40. The van der Waals surface area contributed by atoms with Gasteiger partial charge in [0.2, 0.25) is 0 Å². The van der Waals surface area contributed by atoms with E-state index in [0.29, 0.717) is 5.65 Å². The van der Waals surface area contributed by atoms with Crippen molar-refractivity contribution in [3.8, 4) is 11.8 Å². The minimum absolute atomic E-state index is 0.0766. The number of benzene rings is 1. The first kappa shape index (κ1) is 21.8. The molecule has 7 heteroatoms. The second-order valence-corrected chi connectivity index (χ2v) is 8.63. The molecule has 166 valence electrons. The quantitative estimate of drug-likeness (QED) is 0.541. The first-order valence-electron chi connectivity index (χ1n) is 11.2. The van der Waals surface area contributed by atoms with Gasteiger partial charge in [-0.25, -0.2) is 14.5 Å². The highest BCUT2D eigenvalue weighted by Crippen LogP contribution is 2.36. The molecule has 3 heterocycles. The van der Waals surface area contributed by atoms with Gasteiger partial charge in [-0.2, -0.15) is 10.4 Å². The van der Waals surface area contributed by atoms with Gasteiger partial charge in [0, 0.05) is 19.0 Å². The van der Waals surface area contributed by atoms with E-state index in [0.717, 1.165) is 53.9 Å². The molecule has 4 rings (SSSR count). The summed E-state index contributed by atoms with van der Waals surface area (Å²) in [6.07, 6.45) is 1.61. The molecule has 0 saturated carbocycles. The first-order valence-corrected chi connectivity index (χ1v) is 11.2. The Labute approximate surface area is 188 Å². The van der Waals surface area contributed by atoms with Gasteiger partial charge in [0.05, 0.1) is 35.1 Å². The number of aryl methyl sites for hydroxylation is 1. The highest BCUT2D eigenvalue weighted by atomic mass is 16.5. The summed E-state index contributed by atoms with van der Waals surface area (Å²) in [6.45, 7) is 9.87. The van der Waals surface area contributed by atoms with Crippen LogP contribution in [0.4, 0.5) is 5.69 Å². The number of hydrogen-bond acceptors (Lipinski definition) is 6. The molecule has 0 amide bonds. The lowest BCUT2D eigenvalue weighted by Gasteiger charge is -2.32. The van der Waals surface area contributed by atoms with Crippen molar-refractivity contribution in [2.75, 3.05) is 24.6 Å². The molecule has 2 aromatic heterocycles. The molecule has 0 unspecified atom stereocenters. The van der Waals surface area contributed by atoms with E-state index in [4.69, 9.17) is 14.8 Å². The zero-order valence-corrected chi connectivity index (χ0v) is 19.1. The van der Waals surface area contributed by atoms with Gasteiger partial charge in [0.15, 0.2) is 11.3 Å². The number of nitriles is 1. The van der Waals surface area contributed by atoms with Gasteiger partial charge in [-0.1, -0.05) is 26.0 Å². The van der Waals surface area contributed by atoms with Gasteiger partial charge in [-0.05, 0) is 56.4 Å². The Balaban J connectivity index is 1.96. The largest absolute Gasteiger partial charge is 0.461 e. The number of aromatic nitrogens is 3. The molecule has 32 heavy (non-hydrogen) atoms. The molecule has 0 atom stereocenters. The second-order valence-electron chi connectivity index (χ2n) is 8.63. The Kier molecular flexibility index (Phi) is 6.13. The minimum Gasteiger partial charge on any atom is -0.461 e. The number of nitrogens with zero attached hydrogens (tertiary/aromatic N) is 5. The SMILES string of the molecule is CCOC(=O)c1cc(N2CCC(C#N)CC2)c2c(C(C)C)nn(-c3cccc(C)c3)c2n1. The molecule has 1 aliphatic heterocycles. The Bertz CT molecular complexity index is 1180. The highest BCUT2D eigenvalue weighted by molar-refractivity contribution is 5.99. The molecule has 1 aliphatic rings. The maximum atomic E-state index is 12.7. The van der Waals surface area contributed by atoms with Crippen molar-refractivity contribution in [3.63, 3.8) is 0 Å². The van der Waals surface area contributed by atoms with Gasteiger partial charge in [-0.15, -0.1) is 0 Å². The minimum atomic E-state index is -0.439. The normalized spacial score (nSPS) is 14.7. The lowest BCUT2D eigenvalue weighted by atomic mass is 9.97. The average Bonchev–Trinajstić information content (AvgIpc) is 3.19. The van der Waals surface area contributed by atoms with Crippen molar-refractivity contribution >= 4 is 22.7 Å². The summed E-state index contributed by atoms with van der Waals surface area (Å²) in [5, 5.41) is 15.2. The number of ether oxygens (including phenoxy) is 1. The van der Waals surface area contributed by atoms with Gasteiger partial charge in [-0.3, -0.25) is 0 Å². The van der Waals surface area contributed by atoms with Crippen LogP contribution in [-0.2, 0) is 4.74 Å². The van der Waals surface area contributed by atoms with Crippen LogP contribution in [-0.4, -0.2) is 40.4 Å². The van der Waals surface area contributed by atoms with E-state index in [2.05, 4.69) is 30.9 Å². The fourth-order valence-electron chi connectivity index (χ4n) is 4.27. The standard InChI is InChI=1S/C25H29N5O2/c1-5-32-25(31)20-14-21(29-11-9-18(15-26)10-12-29)22-23(16(2)3)28-30(24(22)27-20)19-8-6-7-17(4)13-19/h6-8,13-14,16,18H,5,9-12H2,1-4H3. The molecule has 0 spiro atoms. The molecule has 0 N–H and O–H groups in total. The summed E-state index contributed by atoms with van der Waals surface area (Å²) in [4.78, 5) is 19.7. The van der Waals surface area contributed by atoms with E-state index in [1.54, 1.807) is 6.92 Å². The van der Waals surface area contributed by atoms with Crippen molar-refractivity contribution in [1.29, 1.82) is 5.26 Å². The summed E-state index contributed by atoms with van der Waals surface area (Å²) in [6, 6.07) is 12.3. The van der Waals surface area contributed by atoms with Crippen LogP contribution in [0.2, 0.25) is 0 Å². The predicted molar refractivity (Wildman–Crippen MR) is 124 cm³/mol. The van der Waals surface area contributed by atoms with E-state index in [1.807, 2.05) is 35.9 Å². The van der Waals surface area contributed by atoms with Gasteiger partial charge < -0.3 is 9.64 Å². The Morgan fingerprint density at radius 2 is 2.03 bits per heavy atom. The third-order valence-electron chi connectivity index (χ3n) is 5.94. The van der Waals surface area contributed by atoms with Crippen LogP contribution >= 0.6 is 0 Å². The third kappa shape index (κ3) is 4.05. The topological polar surface area (TPSA) is 84.0 Å². The van der Waals surface area contributed by atoms with Crippen molar-refractivity contribution < 1.29 is 9.53 Å². The number of anilines is 1. The van der Waals surface area contributed by atoms with E-state index < -0.39 is 5.97 Å². The second kappa shape index (κ2) is 8.99. The summed E-state index contributed by atoms with van der Waals surface area (Å²) in [5.74, 6) is -0.187.